The minimum Gasteiger partial charge on any atom is -0.0851 e. The molecule has 3 aromatic rings. The van der Waals surface area contributed by atoms with Crippen LogP contribution >= 0.6 is 6.89 Å². The van der Waals surface area contributed by atoms with E-state index in [9.17, 15) is 0 Å². The van der Waals surface area contributed by atoms with E-state index in [1.165, 1.54) is 48.0 Å². The molecule has 29 heavy (non-hydrogen) atoms. The predicted molar refractivity (Wildman–Crippen MR) is 132 cm³/mol. The highest BCUT2D eigenvalue weighted by molar-refractivity contribution is 7.94. The van der Waals surface area contributed by atoms with Crippen LogP contribution < -0.4 is 15.9 Å². The van der Waals surface area contributed by atoms with E-state index in [4.69, 9.17) is 0 Å². The lowest BCUT2D eigenvalue weighted by atomic mass is 9.89. The van der Waals surface area contributed by atoms with E-state index in [-0.39, 0.29) is 0 Å². The molecule has 0 unspecified atom stereocenters. The first-order valence-corrected chi connectivity index (χ1v) is 12.8. The van der Waals surface area contributed by atoms with Crippen molar-refractivity contribution >= 4 is 28.6 Å². The van der Waals surface area contributed by atoms with Crippen LogP contribution in [0.2, 0.25) is 0 Å². The summed E-state index contributed by atoms with van der Waals surface area (Å²) < 4.78 is 0. The average molecular weight is 399 g/mol. The van der Waals surface area contributed by atoms with Gasteiger partial charge in [0, 0.05) is 0 Å². The Morgan fingerprint density at radius 1 is 0.621 bits per heavy atom. The Morgan fingerprint density at radius 3 is 1.52 bits per heavy atom. The molecule has 0 atom stereocenters. The van der Waals surface area contributed by atoms with Crippen LogP contribution in [0.5, 0.6) is 0 Å². The highest BCUT2D eigenvalue weighted by atomic mass is 31.2. The molecule has 0 radical (unpaired) electrons. The molecule has 0 bridgehead atoms. The predicted octanol–water partition coefficient (Wildman–Crippen LogP) is 6.31. The minimum atomic E-state index is -1.80. The van der Waals surface area contributed by atoms with Gasteiger partial charge in [0.1, 0.15) is 0 Å². The molecule has 0 saturated heterocycles. The third-order valence-electron chi connectivity index (χ3n) is 6.06. The number of hydrogen-bond donors (Lipinski definition) is 0. The lowest BCUT2D eigenvalue weighted by Gasteiger charge is -2.28. The van der Waals surface area contributed by atoms with E-state index in [1.54, 1.807) is 0 Å². The van der Waals surface area contributed by atoms with Crippen LogP contribution in [0.3, 0.4) is 0 Å². The Morgan fingerprint density at radius 2 is 1.07 bits per heavy atom. The van der Waals surface area contributed by atoms with Crippen molar-refractivity contribution in [3.63, 3.8) is 0 Å². The van der Waals surface area contributed by atoms with Crippen LogP contribution in [-0.4, -0.2) is 5.80 Å². The summed E-state index contributed by atoms with van der Waals surface area (Å²) in [6.07, 6.45) is 12.9. The monoisotopic (exact) mass is 398 g/mol. The van der Waals surface area contributed by atoms with Gasteiger partial charge in [0.2, 0.25) is 0 Å². The summed E-state index contributed by atoms with van der Waals surface area (Å²) in [5, 5.41) is 4.30. The van der Waals surface area contributed by atoms with Gasteiger partial charge in [-0.1, -0.05) is 128 Å². The maximum atomic E-state index is 2.62. The molecule has 3 aromatic carbocycles. The first-order valence-electron chi connectivity index (χ1n) is 11.0. The van der Waals surface area contributed by atoms with Crippen LogP contribution in [0.25, 0.3) is 0 Å². The van der Waals surface area contributed by atoms with Gasteiger partial charge in [0.25, 0.3) is 0 Å². The summed E-state index contributed by atoms with van der Waals surface area (Å²) in [5.41, 5.74) is 0. The molecule has 1 aliphatic carbocycles. The molecular formula is C28H31P. The van der Waals surface area contributed by atoms with E-state index < -0.39 is 6.89 Å². The van der Waals surface area contributed by atoms with Crippen molar-refractivity contribution in [3.05, 3.63) is 103 Å². The molecule has 0 heterocycles. The fourth-order valence-electron chi connectivity index (χ4n) is 4.57. The van der Waals surface area contributed by atoms with Crippen molar-refractivity contribution < 1.29 is 0 Å². The fourth-order valence-corrected chi connectivity index (χ4v) is 8.46. The number of benzene rings is 3. The van der Waals surface area contributed by atoms with Gasteiger partial charge >= 0.3 is 0 Å². The Labute approximate surface area is 176 Å². The minimum absolute atomic E-state index is 0.787. The van der Waals surface area contributed by atoms with Gasteiger partial charge in [0.05, 0.1) is 0 Å². The molecule has 0 aliphatic heterocycles. The van der Waals surface area contributed by atoms with Gasteiger partial charge in [-0.2, -0.15) is 0 Å². The number of rotatable bonds is 6. The first-order chi connectivity index (χ1) is 14.4. The summed E-state index contributed by atoms with van der Waals surface area (Å²) in [5.74, 6) is 3.40. The third kappa shape index (κ3) is 4.65. The molecule has 148 valence electrons. The molecular weight excluding hydrogens is 367 g/mol. The number of hydrogen-bond acceptors (Lipinski definition) is 0. The topological polar surface area (TPSA) is 0 Å². The first kappa shape index (κ1) is 20.0. The van der Waals surface area contributed by atoms with Crippen LogP contribution in [0.15, 0.2) is 103 Å². The Kier molecular flexibility index (Phi) is 6.86. The molecule has 0 spiro atoms. The Hall–Kier alpha value is -2.30. The Bertz CT molecular complexity index is 846. The van der Waals surface area contributed by atoms with Crippen molar-refractivity contribution in [3.8, 4) is 0 Å². The lowest BCUT2D eigenvalue weighted by Crippen LogP contribution is -2.26. The van der Waals surface area contributed by atoms with E-state index in [2.05, 4.69) is 109 Å². The summed E-state index contributed by atoms with van der Waals surface area (Å²) in [7, 11) is 0. The van der Waals surface area contributed by atoms with Crippen molar-refractivity contribution in [1.29, 1.82) is 0 Å². The molecule has 1 saturated carbocycles. The van der Waals surface area contributed by atoms with Crippen molar-refractivity contribution in [2.24, 2.45) is 5.92 Å². The normalized spacial score (nSPS) is 15.4. The summed E-state index contributed by atoms with van der Waals surface area (Å²) >= 11 is 0. The second-order valence-electron chi connectivity index (χ2n) is 7.97. The fraction of sp³-hybridized carbons (Fsp3) is 0.250. The van der Waals surface area contributed by atoms with E-state index in [0.29, 0.717) is 0 Å². The van der Waals surface area contributed by atoms with Gasteiger partial charge in [-0.05, 0) is 48.0 Å². The molecule has 0 amide bonds. The molecule has 4 rings (SSSR count). The molecule has 0 N–H and O–H groups in total. The standard InChI is InChI=1S/C28H31P/c1-5-15-25(16-6-1)17-13-14-24-29(26-18-7-2-8-19-26,27-20-9-3-10-21-27)28-22-11-4-12-23-28/h2-4,7-13,17-25H,1,5-6,14-16H2/b17-13-. The second-order valence-corrected chi connectivity index (χ2v) is 11.3. The highest BCUT2D eigenvalue weighted by Crippen LogP contribution is 2.43. The SMILES string of the molecule is C(C/C=C\C1CCCCC1)=P(c1ccccc1)(c1ccccc1)c1ccccc1. The highest BCUT2D eigenvalue weighted by Gasteiger charge is 2.24. The summed E-state index contributed by atoms with van der Waals surface area (Å²) in [6, 6.07) is 33.3. The van der Waals surface area contributed by atoms with Gasteiger partial charge in [0.15, 0.2) is 0 Å². The molecule has 1 fully saturated rings. The van der Waals surface area contributed by atoms with E-state index in [1.807, 2.05) is 0 Å². The Balaban J connectivity index is 1.80. The third-order valence-corrected chi connectivity index (χ3v) is 10.2. The van der Waals surface area contributed by atoms with E-state index >= 15 is 0 Å². The van der Waals surface area contributed by atoms with Crippen LogP contribution in [0.4, 0.5) is 0 Å². The molecule has 1 aliphatic rings. The van der Waals surface area contributed by atoms with Gasteiger partial charge in [-0.25, -0.2) is 0 Å². The molecule has 0 nitrogen and oxygen atoms in total. The van der Waals surface area contributed by atoms with Crippen LogP contribution in [0, 0.1) is 5.92 Å². The van der Waals surface area contributed by atoms with Crippen LogP contribution in [-0.2, 0) is 0 Å². The largest absolute Gasteiger partial charge is 0.0851 e. The number of allylic oxidation sites excluding steroid dienone is 2. The zero-order valence-corrected chi connectivity index (χ0v) is 18.1. The van der Waals surface area contributed by atoms with Gasteiger partial charge < -0.3 is 0 Å². The second kappa shape index (κ2) is 9.95. The zero-order valence-electron chi connectivity index (χ0n) is 17.2. The van der Waals surface area contributed by atoms with Crippen molar-refractivity contribution in [2.45, 2.75) is 38.5 Å². The average Bonchev–Trinajstić information content (AvgIpc) is 2.82. The van der Waals surface area contributed by atoms with Gasteiger partial charge in [-0.3, -0.25) is 0 Å². The smallest absolute Gasteiger partial charge is 0.0156 e. The summed E-state index contributed by atoms with van der Waals surface area (Å²) in [6.45, 7) is -1.80. The maximum Gasteiger partial charge on any atom is -0.0156 e. The summed E-state index contributed by atoms with van der Waals surface area (Å²) in [4.78, 5) is 0. The zero-order chi connectivity index (χ0) is 19.8. The van der Waals surface area contributed by atoms with E-state index in [0.717, 1.165) is 12.3 Å². The van der Waals surface area contributed by atoms with Gasteiger partial charge in [-0.15, -0.1) is 0 Å². The molecule has 0 aromatic heterocycles. The lowest BCUT2D eigenvalue weighted by molar-refractivity contribution is 0.419. The van der Waals surface area contributed by atoms with Crippen LogP contribution in [0.1, 0.15) is 38.5 Å². The molecule has 1 heteroatoms. The van der Waals surface area contributed by atoms with Crippen molar-refractivity contribution in [2.75, 3.05) is 0 Å². The quantitative estimate of drug-likeness (QED) is 0.337. The maximum absolute atomic E-state index is 2.62. The van der Waals surface area contributed by atoms with Crippen molar-refractivity contribution in [1.82, 2.24) is 0 Å².